The van der Waals surface area contributed by atoms with E-state index in [1.807, 2.05) is 12.1 Å². The highest BCUT2D eigenvalue weighted by atomic mass is 35.5. The van der Waals surface area contributed by atoms with Crippen molar-refractivity contribution in [2.75, 3.05) is 12.5 Å². The molecule has 2 atom stereocenters. The topological polar surface area (TPSA) is 9.23 Å². The quantitative estimate of drug-likeness (QED) is 0.666. The van der Waals surface area contributed by atoms with E-state index in [2.05, 4.69) is 0 Å². The summed E-state index contributed by atoms with van der Waals surface area (Å²) in [5.41, 5.74) is 1.17. The molecule has 1 fully saturated rings. The van der Waals surface area contributed by atoms with Gasteiger partial charge in [-0.15, -0.1) is 11.6 Å². The first-order chi connectivity index (χ1) is 9.28. The number of ether oxygens (including phenoxy) is 1. The SMILES string of the molecule is Fc1ccc(CC(CCl)CCCC2CCCO2)cc1. The Hall–Kier alpha value is -0.600. The van der Waals surface area contributed by atoms with Crippen molar-refractivity contribution in [3.63, 3.8) is 0 Å². The number of rotatable bonds is 7. The smallest absolute Gasteiger partial charge is 0.123 e. The number of hydrogen-bond donors (Lipinski definition) is 0. The van der Waals surface area contributed by atoms with Crippen LogP contribution in [0, 0.1) is 11.7 Å². The summed E-state index contributed by atoms with van der Waals surface area (Å²) in [6, 6.07) is 6.75. The second-order valence-corrected chi connectivity index (χ2v) is 5.73. The molecule has 1 aliphatic rings. The molecule has 1 nitrogen and oxygen atoms in total. The monoisotopic (exact) mass is 284 g/mol. The third-order valence-corrected chi connectivity index (χ3v) is 4.25. The average molecular weight is 285 g/mol. The van der Waals surface area contributed by atoms with E-state index in [0.29, 0.717) is 17.9 Å². The molecule has 2 rings (SSSR count). The lowest BCUT2D eigenvalue weighted by Gasteiger charge is -2.15. The summed E-state index contributed by atoms with van der Waals surface area (Å²) in [6.45, 7) is 0.930. The molecule has 1 heterocycles. The molecule has 2 unspecified atom stereocenters. The van der Waals surface area contributed by atoms with E-state index in [4.69, 9.17) is 16.3 Å². The number of halogens is 2. The summed E-state index contributed by atoms with van der Waals surface area (Å²) < 4.78 is 18.5. The van der Waals surface area contributed by atoms with Crippen LogP contribution in [0.5, 0.6) is 0 Å². The van der Waals surface area contributed by atoms with Crippen molar-refractivity contribution in [2.24, 2.45) is 5.92 Å². The summed E-state index contributed by atoms with van der Waals surface area (Å²) in [4.78, 5) is 0. The number of alkyl halides is 1. The Morgan fingerprint density at radius 2 is 2.11 bits per heavy atom. The lowest BCUT2D eigenvalue weighted by molar-refractivity contribution is 0.101. The first-order valence-electron chi connectivity index (χ1n) is 7.20. The molecule has 0 aliphatic carbocycles. The molecule has 106 valence electrons. The fraction of sp³-hybridized carbons (Fsp3) is 0.625. The predicted molar refractivity (Wildman–Crippen MR) is 77.1 cm³/mol. The van der Waals surface area contributed by atoms with Crippen molar-refractivity contribution >= 4 is 11.6 Å². The molecular weight excluding hydrogens is 263 g/mol. The van der Waals surface area contributed by atoms with Gasteiger partial charge in [-0.3, -0.25) is 0 Å². The summed E-state index contributed by atoms with van der Waals surface area (Å²) in [5, 5.41) is 0. The Bertz CT molecular complexity index is 360. The van der Waals surface area contributed by atoms with Crippen LogP contribution in [0.4, 0.5) is 4.39 Å². The lowest BCUT2D eigenvalue weighted by atomic mass is 9.94. The zero-order valence-electron chi connectivity index (χ0n) is 11.3. The fourth-order valence-corrected chi connectivity index (χ4v) is 2.96. The predicted octanol–water partition coefficient (Wildman–Crippen LogP) is 4.57. The fourth-order valence-electron chi connectivity index (χ4n) is 2.69. The van der Waals surface area contributed by atoms with Crippen molar-refractivity contribution in [3.8, 4) is 0 Å². The second-order valence-electron chi connectivity index (χ2n) is 5.42. The van der Waals surface area contributed by atoms with E-state index >= 15 is 0 Å². The summed E-state index contributed by atoms with van der Waals surface area (Å²) >= 11 is 6.04. The standard InChI is InChI=1S/C16H22ClFO/c17-12-14(3-1-4-16-5-2-10-19-16)11-13-6-8-15(18)9-7-13/h6-9,14,16H,1-5,10-12H2. The van der Waals surface area contributed by atoms with Gasteiger partial charge in [0.2, 0.25) is 0 Å². The molecule has 0 radical (unpaired) electrons. The van der Waals surface area contributed by atoms with Crippen LogP contribution in [0.3, 0.4) is 0 Å². The second kappa shape index (κ2) is 7.86. The molecule has 1 aliphatic heterocycles. The summed E-state index contributed by atoms with van der Waals surface area (Å²) in [5.74, 6) is 0.973. The van der Waals surface area contributed by atoms with Crippen molar-refractivity contribution in [1.29, 1.82) is 0 Å². The number of hydrogen-bond acceptors (Lipinski definition) is 1. The minimum Gasteiger partial charge on any atom is -0.378 e. The van der Waals surface area contributed by atoms with Crippen LogP contribution in [0.15, 0.2) is 24.3 Å². The Labute approximate surface area is 120 Å². The number of benzene rings is 1. The third kappa shape index (κ3) is 5.12. The van der Waals surface area contributed by atoms with Crippen molar-refractivity contribution < 1.29 is 9.13 Å². The zero-order valence-corrected chi connectivity index (χ0v) is 12.0. The van der Waals surface area contributed by atoms with E-state index in [9.17, 15) is 4.39 Å². The first kappa shape index (κ1) is 14.8. The minimum absolute atomic E-state index is 0.176. The van der Waals surface area contributed by atoms with Gasteiger partial charge in [0.25, 0.3) is 0 Å². The molecule has 19 heavy (non-hydrogen) atoms. The average Bonchev–Trinajstić information content (AvgIpc) is 2.93. The van der Waals surface area contributed by atoms with Crippen molar-refractivity contribution in [1.82, 2.24) is 0 Å². The van der Waals surface area contributed by atoms with E-state index in [0.717, 1.165) is 25.9 Å². The van der Waals surface area contributed by atoms with Crippen LogP contribution < -0.4 is 0 Å². The van der Waals surface area contributed by atoms with Gasteiger partial charge >= 0.3 is 0 Å². The molecule has 0 N–H and O–H groups in total. The maximum Gasteiger partial charge on any atom is 0.123 e. The molecule has 3 heteroatoms. The normalized spacial score (nSPS) is 20.6. The van der Waals surface area contributed by atoms with Gasteiger partial charge in [-0.25, -0.2) is 4.39 Å². The maximum atomic E-state index is 12.8. The van der Waals surface area contributed by atoms with Crippen LogP contribution in [0.25, 0.3) is 0 Å². The summed E-state index contributed by atoms with van der Waals surface area (Å²) in [6.07, 6.45) is 7.28. The van der Waals surface area contributed by atoms with Crippen LogP contribution >= 0.6 is 11.6 Å². The molecule has 0 bridgehead atoms. The van der Waals surface area contributed by atoms with Gasteiger partial charge in [-0.05, 0) is 55.7 Å². The maximum absolute atomic E-state index is 12.8. The molecule has 1 saturated heterocycles. The molecule has 1 aromatic rings. The van der Waals surface area contributed by atoms with Gasteiger partial charge in [0, 0.05) is 12.5 Å². The largest absolute Gasteiger partial charge is 0.378 e. The van der Waals surface area contributed by atoms with Crippen molar-refractivity contribution in [3.05, 3.63) is 35.6 Å². The Balaban J connectivity index is 1.71. The third-order valence-electron chi connectivity index (χ3n) is 3.82. The minimum atomic E-state index is -0.176. The molecule has 0 saturated carbocycles. The first-order valence-corrected chi connectivity index (χ1v) is 7.73. The zero-order chi connectivity index (χ0) is 13.5. The van der Waals surface area contributed by atoms with Gasteiger partial charge in [0.1, 0.15) is 5.82 Å². The Morgan fingerprint density at radius 3 is 2.74 bits per heavy atom. The molecule has 1 aromatic carbocycles. The highest BCUT2D eigenvalue weighted by molar-refractivity contribution is 6.18. The van der Waals surface area contributed by atoms with Crippen LogP contribution in [-0.4, -0.2) is 18.6 Å². The van der Waals surface area contributed by atoms with Gasteiger partial charge in [-0.2, -0.15) is 0 Å². The van der Waals surface area contributed by atoms with Gasteiger partial charge in [0.05, 0.1) is 6.10 Å². The van der Waals surface area contributed by atoms with Crippen LogP contribution in [0.2, 0.25) is 0 Å². The van der Waals surface area contributed by atoms with Crippen LogP contribution in [0.1, 0.15) is 37.7 Å². The van der Waals surface area contributed by atoms with E-state index in [-0.39, 0.29) is 5.82 Å². The van der Waals surface area contributed by atoms with Gasteiger partial charge < -0.3 is 4.74 Å². The summed E-state index contributed by atoms with van der Waals surface area (Å²) in [7, 11) is 0. The molecular formula is C16H22ClFO. The molecule has 0 amide bonds. The lowest BCUT2D eigenvalue weighted by Crippen LogP contribution is -2.10. The van der Waals surface area contributed by atoms with E-state index < -0.39 is 0 Å². The molecule has 0 spiro atoms. The van der Waals surface area contributed by atoms with Crippen molar-refractivity contribution in [2.45, 2.75) is 44.6 Å². The van der Waals surface area contributed by atoms with Gasteiger partial charge in [0.15, 0.2) is 0 Å². The highest BCUT2D eigenvalue weighted by Crippen LogP contribution is 2.22. The van der Waals surface area contributed by atoms with Gasteiger partial charge in [-0.1, -0.05) is 18.6 Å². The Morgan fingerprint density at radius 1 is 1.32 bits per heavy atom. The Kier molecular flexibility index (Phi) is 6.12. The van der Waals surface area contributed by atoms with Crippen LogP contribution in [-0.2, 0) is 11.2 Å². The van der Waals surface area contributed by atoms with E-state index in [1.165, 1.54) is 37.0 Å². The van der Waals surface area contributed by atoms with E-state index in [1.54, 1.807) is 0 Å². The highest BCUT2D eigenvalue weighted by Gasteiger charge is 2.16. The molecule has 0 aromatic heterocycles.